The van der Waals surface area contributed by atoms with Gasteiger partial charge in [0.25, 0.3) is 0 Å². The highest BCUT2D eigenvalue weighted by Crippen LogP contribution is 2.52. The molecule has 0 radical (unpaired) electrons. The summed E-state index contributed by atoms with van der Waals surface area (Å²) in [5, 5.41) is 11.0. The zero-order chi connectivity index (χ0) is 8.06. The van der Waals surface area contributed by atoms with E-state index in [1.165, 1.54) is 0 Å². The lowest BCUT2D eigenvalue weighted by atomic mass is 10.0. The number of aliphatic carboxylic acids is 1. The lowest BCUT2D eigenvalue weighted by molar-refractivity contribution is -0.140. The molecular formula is C7H9NO3. The van der Waals surface area contributed by atoms with Gasteiger partial charge in [-0.2, -0.15) is 0 Å². The molecule has 0 aromatic rings. The van der Waals surface area contributed by atoms with Crippen molar-refractivity contribution in [3.8, 4) is 0 Å². The first-order valence-electron chi connectivity index (χ1n) is 3.68. The Labute approximate surface area is 63.6 Å². The fourth-order valence-corrected chi connectivity index (χ4v) is 1.58. The summed E-state index contributed by atoms with van der Waals surface area (Å²) in [5.41, 5.74) is -0.275. The van der Waals surface area contributed by atoms with Crippen LogP contribution in [0.5, 0.6) is 0 Å². The molecule has 4 nitrogen and oxygen atoms in total. The summed E-state index contributed by atoms with van der Waals surface area (Å²) in [5.74, 6) is -0.980. The highest BCUT2D eigenvalue weighted by Gasteiger charge is 2.57. The van der Waals surface area contributed by atoms with E-state index in [-0.39, 0.29) is 11.3 Å². The van der Waals surface area contributed by atoms with Gasteiger partial charge in [0.15, 0.2) is 0 Å². The number of rotatable bonds is 1. The molecule has 1 spiro atoms. The second-order valence-electron chi connectivity index (χ2n) is 3.35. The Hall–Kier alpha value is -1.06. The Bertz CT molecular complexity index is 232. The Balaban J connectivity index is 2.13. The average molecular weight is 155 g/mol. The molecule has 60 valence electrons. The molecule has 1 amide bonds. The van der Waals surface area contributed by atoms with Crippen LogP contribution in [-0.2, 0) is 9.59 Å². The maximum Gasteiger partial charge on any atom is 0.326 e. The van der Waals surface area contributed by atoms with E-state index < -0.39 is 12.0 Å². The minimum atomic E-state index is -0.915. The van der Waals surface area contributed by atoms with Crippen LogP contribution in [-0.4, -0.2) is 23.0 Å². The number of hydrogen-bond acceptors (Lipinski definition) is 2. The van der Waals surface area contributed by atoms with Crippen molar-refractivity contribution in [2.45, 2.75) is 25.3 Å². The van der Waals surface area contributed by atoms with E-state index in [1.807, 2.05) is 0 Å². The topological polar surface area (TPSA) is 66.4 Å². The third-order valence-corrected chi connectivity index (χ3v) is 2.53. The fraction of sp³-hybridized carbons (Fsp3) is 0.714. The molecule has 1 aliphatic heterocycles. The molecule has 2 N–H and O–H groups in total. The van der Waals surface area contributed by atoms with Crippen LogP contribution < -0.4 is 5.32 Å². The summed E-state index contributed by atoms with van der Waals surface area (Å²) in [6, 6.07) is -0.634. The van der Waals surface area contributed by atoms with E-state index in [2.05, 4.69) is 5.32 Å². The molecule has 4 heteroatoms. The summed E-state index contributed by atoms with van der Waals surface area (Å²) >= 11 is 0. The van der Waals surface area contributed by atoms with Crippen LogP contribution in [0.4, 0.5) is 0 Å². The molecule has 0 aromatic carbocycles. The molecule has 0 aromatic heterocycles. The molecule has 2 rings (SSSR count). The van der Waals surface area contributed by atoms with Crippen LogP contribution in [0.2, 0.25) is 0 Å². The summed E-state index contributed by atoms with van der Waals surface area (Å²) in [4.78, 5) is 21.5. The lowest BCUT2D eigenvalue weighted by Crippen LogP contribution is -2.32. The quantitative estimate of drug-likeness (QED) is 0.548. The minimum absolute atomic E-state index is 0.0649. The largest absolute Gasteiger partial charge is 0.480 e. The molecule has 11 heavy (non-hydrogen) atoms. The Morgan fingerprint density at radius 2 is 2.27 bits per heavy atom. The normalized spacial score (nSPS) is 32.0. The predicted molar refractivity (Wildman–Crippen MR) is 35.9 cm³/mol. The molecule has 1 saturated carbocycles. The third kappa shape index (κ3) is 0.818. The van der Waals surface area contributed by atoms with E-state index in [4.69, 9.17) is 5.11 Å². The van der Waals surface area contributed by atoms with E-state index in [9.17, 15) is 9.59 Å². The van der Waals surface area contributed by atoms with Crippen LogP contribution in [0.25, 0.3) is 0 Å². The summed E-state index contributed by atoms with van der Waals surface area (Å²) in [6.07, 6.45) is 2.21. The van der Waals surface area contributed by atoms with Crippen molar-refractivity contribution in [1.82, 2.24) is 5.32 Å². The zero-order valence-corrected chi connectivity index (χ0v) is 5.96. The van der Waals surface area contributed by atoms with Crippen molar-refractivity contribution in [2.24, 2.45) is 5.41 Å². The maximum atomic E-state index is 11.1. The van der Waals surface area contributed by atoms with Gasteiger partial charge in [-0.3, -0.25) is 4.79 Å². The van der Waals surface area contributed by atoms with Gasteiger partial charge in [-0.15, -0.1) is 0 Å². The van der Waals surface area contributed by atoms with Crippen LogP contribution in [0.1, 0.15) is 19.3 Å². The second kappa shape index (κ2) is 1.75. The molecule has 1 aliphatic carbocycles. The van der Waals surface area contributed by atoms with Crippen molar-refractivity contribution in [3.05, 3.63) is 0 Å². The second-order valence-corrected chi connectivity index (χ2v) is 3.35. The molecule has 1 saturated heterocycles. The number of nitrogens with one attached hydrogen (secondary N) is 1. The Morgan fingerprint density at radius 3 is 2.55 bits per heavy atom. The lowest BCUT2D eigenvalue weighted by Gasteiger charge is -2.00. The van der Waals surface area contributed by atoms with Gasteiger partial charge >= 0.3 is 5.97 Å². The number of amides is 1. The molecule has 2 fully saturated rings. The monoisotopic (exact) mass is 155 g/mol. The van der Waals surface area contributed by atoms with Gasteiger partial charge in [0.2, 0.25) is 5.91 Å². The minimum Gasteiger partial charge on any atom is -0.480 e. The SMILES string of the molecule is O=C(O)C1CC2(CC2)C(=O)N1. The van der Waals surface area contributed by atoms with Gasteiger partial charge < -0.3 is 10.4 Å². The highest BCUT2D eigenvalue weighted by atomic mass is 16.4. The average Bonchev–Trinajstić information content (AvgIpc) is 2.59. The van der Waals surface area contributed by atoms with Gasteiger partial charge in [0.05, 0.1) is 5.41 Å². The van der Waals surface area contributed by atoms with Gasteiger partial charge in [-0.25, -0.2) is 4.79 Å². The Morgan fingerprint density at radius 1 is 1.64 bits per heavy atom. The van der Waals surface area contributed by atoms with Crippen molar-refractivity contribution >= 4 is 11.9 Å². The van der Waals surface area contributed by atoms with Crippen LogP contribution in [0, 0.1) is 5.41 Å². The van der Waals surface area contributed by atoms with Crippen molar-refractivity contribution < 1.29 is 14.7 Å². The predicted octanol–water partition coefficient (Wildman–Crippen LogP) is -0.260. The van der Waals surface area contributed by atoms with Crippen LogP contribution >= 0.6 is 0 Å². The number of carbonyl (C=O) groups is 2. The van der Waals surface area contributed by atoms with E-state index in [0.29, 0.717) is 6.42 Å². The summed E-state index contributed by atoms with van der Waals surface area (Å²) in [7, 11) is 0. The maximum absolute atomic E-state index is 11.1. The standard InChI is InChI=1S/C7H9NO3/c9-5(10)4-3-7(1-2-7)6(11)8-4/h4H,1-3H2,(H,8,11)(H,9,10). The third-order valence-electron chi connectivity index (χ3n) is 2.53. The fourth-order valence-electron chi connectivity index (χ4n) is 1.58. The molecule has 1 atom stereocenters. The molecule has 1 unspecified atom stereocenters. The molecule has 0 bridgehead atoms. The van der Waals surface area contributed by atoms with E-state index in [1.54, 1.807) is 0 Å². The van der Waals surface area contributed by atoms with E-state index in [0.717, 1.165) is 12.8 Å². The number of carboxylic acid groups (broad SMARTS) is 1. The first-order valence-corrected chi connectivity index (χ1v) is 3.68. The number of carbonyl (C=O) groups excluding carboxylic acids is 1. The molecular weight excluding hydrogens is 146 g/mol. The van der Waals surface area contributed by atoms with Crippen LogP contribution in [0.3, 0.4) is 0 Å². The van der Waals surface area contributed by atoms with Gasteiger partial charge in [-0.05, 0) is 19.3 Å². The summed E-state index contributed by atoms with van der Waals surface area (Å²) in [6.45, 7) is 0. The Kier molecular flexibility index (Phi) is 1.06. The first kappa shape index (κ1) is 6.64. The molecule has 1 heterocycles. The first-order chi connectivity index (χ1) is 5.14. The van der Waals surface area contributed by atoms with Gasteiger partial charge in [0, 0.05) is 0 Å². The number of carboxylic acids is 1. The van der Waals surface area contributed by atoms with Crippen LogP contribution in [0.15, 0.2) is 0 Å². The number of hydrogen-bond donors (Lipinski definition) is 2. The zero-order valence-electron chi connectivity index (χ0n) is 5.96. The molecule has 2 aliphatic rings. The summed E-state index contributed by atoms with van der Waals surface area (Å²) < 4.78 is 0. The van der Waals surface area contributed by atoms with Crippen molar-refractivity contribution in [1.29, 1.82) is 0 Å². The van der Waals surface area contributed by atoms with E-state index >= 15 is 0 Å². The highest BCUT2D eigenvalue weighted by molar-refractivity contribution is 5.93. The van der Waals surface area contributed by atoms with Crippen molar-refractivity contribution in [2.75, 3.05) is 0 Å². The van der Waals surface area contributed by atoms with Gasteiger partial charge in [0.1, 0.15) is 6.04 Å². The van der Waals surface area contributed by atoms with Crippen molar-refractivity contribution in [3.63, 3.8) is 0 Å². The smallest absolute Gasteiger partial charge is 0.326 e. The van der Waals surface area contributed by atoms with Gasteiger partial charge in [-0.1, -0.05) is 0 Å².